The first-order valence-corrected chi connectivity index (χ1v) is 8.07. The molecule has 6 heteroatoms. The molecule has 0 amide bonds. The molecule has 2 rings (SSSR count). The Balaban J connectivity index is 2.00. The Morgan fingerprint density at radius 1 is 1.24 bits per heavy atom. The summed E-state index contributed by atoms with van der Waals surface area (Å²) < 4.78 is 2.11. The van der Waals surface area contributed by atoms with Crippen LogP contribution in [0.4, 0.5) is 5.82 Å². The molecule has 0 bridgehead atoms. The van der Waals surface area contributed by atoms with Crippen LogP contribution in [0.1, 0.15) is 32.2 Å². The van der Waals surface area contributed by atoms with Crippen molar-refractivity contribution in [3.8, 4) is 5.82 Å². The van der Waals surface area contributed by atoms with Crippen LogP contribution < -0.4 is 5.32 Å². The SMILES string of the molecule is Cc1cc(C)n(-c2cncc(NCCSC(C)(C)C)n2)n1. The third kappa shape index (κ3) is 4.74. The summed E-state index contributed by atoms with van der Waals surface area (Å²) >= 11 is 1.93. The highest BCUT2D eigenvalue weighted by atomic mass is 32.2. The number of aromatic nitrogens is 4. The molecule has 5 nitrogen and oxygen atoms in total. The maximum absolute atomic E-state index is 4.57. The monoisotopic (exact) mass is 305 g/mol. The summed E-state index contributed by atoms with van der Waals surface area (Å²) in [6.45, 7) is 11.5. The van der Waals surface area contributed by atoms with Crippen molar-refractivity contribution in [2.75, 3.05) is 17.6 Å². The van der Waals surface area contributed by atoms with Gasteiger partial charge in [-0.3, -0.25) is 4.98 Å². The van der Waals surface area contributed by atoms with E-state index in [2.05, 4.69) is 41.2 Å². The maximum Gasteiger partial charge on any atom is 0.174 e. The average Bonchev–Trinajstić information content (AvgIpc) is 2.73. The zero-order valence-electron chi connectivity index (χ0n) is 13.3. The predicted molar refractivity (Wildman–Crippen MR) is 89.3 cm³/mol. The van der Waals surface area contributed by atoms with E-state index in [1.165, 1.54) is 0 Å². The molecule has 1 N–H and O–H groups in total. The number of rotatable bonds is 5. The van der Waals surface area contributed by atoms with E-state index in [1.807, 2.05) is 36.4 Å². The summed E-state index contributed by atoms with van der Waals surface area (Å²) in [4.78, 5) is 8.81. The third-order valence-corrected chi connectivity index (χ3v) is 4.07. The van der Waals surface area contributed by atoms with Gasteiger partial charge in [0, 0.05) is 22.7 Å². The smallest absolute Gasteiger partial charge is 0.174 e. The molecule has 21 heavy (non-hydrogen) atoms. The van der Waals surface area contributed by atoms with E-state index in [4.69, 9.17) is 0 Å². The molecule has 0 aliphatic rings. The van der Waals surface area contributed by atoms with Crippen LogP contribution in [0.25, 0.3) is 5.82 Å². The van der Waals surface area contributed by atoms with Gasteiger partial charge in [-0.05, 0) is 19.9 Å². The van der Waals surface area contributed by atoms with Crippen LogP contribution in [-0.2, 0) is 0 Å². The first-order valence-electron chi connectivity index (χ1n) is 7.09. The fourth-order valence-corrected chi connectivity index (χ4v) is 2.76. The molecule has 2 aromatic rings. The zero-order valence-corrected chi connectivity index (χ0v) is 14.2. The molecule has 0 saturated carbocycles. The van der Waals surface area contributed by atoms with Crippen molar-refractivity contribution in [2.45, 2.75) is 39.4 Å². The topological polar surface area (TPSA) is 55.6 Å². The van der Waals surface area contributed by atoms with E-state index in [0.717, 1.165) is 35.3 Å². The van der Waals surface area contributed by atoms with Crippen LogP contribution >= 0.6 is 11.8 Å². The minimum Gasteiger partial charge on any atom is -0.368 e. The summed E-state index contributed by atoms with van der Waals surface area (Å²) in [5.74, 6) is 2.57. The standard InChI is InChI=1S/C15H23N5S/c1-11-8-12(2)20(19-11)14-10-16-9-13(18-14)17-6-7-21-15(3,4)5/h8-10H,6-7H2,1-5H3,(H,17,18). The Labute approximate surface area is 130 Å². The van der Waals surface area contributed by atoms with Gasteiger partial charge < -0.3 is 5.32 Å². The summed E-state index contributed by atoms with van der Waals surface area (Å²) in [6.07, 6.45) is 3.48. The first kappa shape index (κ1) is 15.8. The minimum absolute atomic E-state index is 0.291. The normalized spacial score (nSPS) is 11.7. The van der Waals surface area contributed by atoms with Crippen LogP contribution in [0.2, 0.25) is 0 Å². The Bertz CT molecular complexity index is 600. The van der Waals surface area contributed by atoms with Crippen molar-refractivity contribution in [2.24, 2.45) is 0 Å². The molecule has 0 aliphatic carbocycles. The molecule has 2 heterocycles. The van der Waals surface area contributed by atoms with Gasteiger partial charge in [0.1, 0.15) is 5.82 Å². The van der Waals surface area contributed by atoms with Gasteiger partial charge in [-0.25, -0.2) is 9.67 Å². The van der Waals surface area contributed by atoms with Gasteiger partial charge in [0.2, 0.25) is 0 Å². The Kier molecular flexibility index (Phi) is 4.88. The van der Waals surface area contributed by atoms with E-state index in [0.29, 0.717) is 4.75 Å². The second kappa shape index (κ2) is 6.47. The first-order chi connectivity index (χ1) is 9.85. The molecule has 0 radical (unpaired) electrons. The Morgan fingerprint density at radius 2 is 2.00 bits per heavy atom. The van der Waals surface area contributed by atoms with Gasteiger partial charge in [-0.1, -0.05) is 20.8 Å². The van der Waals surface area contributed by atoms with Crippen LogP contribution in [0, 0.1) is 13.8 Å². The van der Waals surface area contributed by atoms with E-state index >= 15 is 0 Å². The second-order valence-corrected chi connectivity index (χ2v) is 7.91. The van der Waals surface area contributed by atoms with Crippen molar-refractivity contribution >= 4 is 17.6 Å². The van der Waals surface area contributed by atoms with Crippen molar-refractivity contribution in [1.82, 2.24) is 19.7 Å². The molecule has 0 aromatic carbocycles. The Hall–Kier alpha value is -1.56. The molecule has 0 aliphatic heterocycles. The zero-order chi connectivity index (χ0) is 15.5. The van der Waals surface area contributed by atoms with Gasteiger partial charge in [-0.15, -0.1) is 0 Å². The van der Waals surface area contributed by atoms with Gasteiger partial charge in [0.25, 0.3) is 0 Å². The third-order valence-electron chi connectivity index (χ3n) is 2.79. The highest BCUT2D eigenvalue weighted by Crippen LogP contribution is 2.22. The molecular weight excluding hydrogens is 282 g/mol. The van der Waals surface area contributed by atoms with E-state index in [-0.39, 0.29) is 0 Å². The number of anilines is 1. The average molecular weight is 305 g/mol. The molecule has 2 aromatic heterocycles. The summed E-state index contributed by atoms with van der Waals surface area (Å²) in [5.41, 5.74) is 2.04. The highest BCUT2D eigenvalue weighted by molar-refractivity contribution is 8.00. The number of nitrogens with zero attached hydrogens (tertiary/aromatic N) is 4. The lowest BCUT2D eigenvalue weighted by molar-refractivity contribution is 0.798. The molecule has 0 atom stereocenters. The minimum atomic E-state index is 0.291. The number of hydrogen-bond acceptors (Lipinski definition) is 5. The lowest BCUT2D eigenvalue weighted by Gasteiger charge is -2.17. The van der Waals surface area contributed by atoms with Crippen LogP contribution in [-0.4, -0.2) is 36.8 Å². The fraction of sp³-hybridized carbons (Fsp3) is 0.533. The summed E-state index contributed by atoms with van der Waals surface area (Å²) in [7, 11) is 0. The fourth-order valence-electron chi connectivity index (χ4n) is 1.94. The maximum atomic E-state index is 4.57. The highest BCUT2D eigenvalue weighted by Gasteiger charge is 2.10. The number of aryl methyl sites for hydroxylation is 2. The number of thioether (sulfide) groups is 1. The molecule has 0 fully saturated rings. The lowest BCUT2D eigenvalue weighted by Crippen LogP contribution is -2.14. The van der Waals surface area contributed by atoms with Crippen molar-refractivity contribution in [1.29, 1.82) is 0 Å². The molecule has 0 saturated heterocycles. The van der Waals surface area contributed by atoms with E-state index in [1.54, 1.807) is 12.4 Å². The molecule has 0 unspecified atom stereocenters. The summed E-state index contributed by atoms with van der Waals surface area (Å²) in [6, 6.07) is 2.03. The van der Waals surface area contributed by atoms with Crippen LogP contribution in [0.3, 0.4) is 0 Å². The van der Waals surface area contributed by atoms with E-state index in [9.17, 15) is 0 Å². The van der Waals surface area contributed by atoms with Gasteiger partial charge >= 0.3 is 0 Å². The van der Waals surface area contributed by atoms with Gasteiger partial charge in [0.05, 0.1) is 18.1 Å². The Morgan fingerprint density at radius 3 is 2.62 bits per heavy atom. The predicted octanol–water partition coefficient (Wildman–Crippen LogP) is 3.22. The number of hydrogen-bond donors (Lipinski definition) is 1. The van der Waals surface area contributed by atoms with Crippen LogP contribution in [0.5, 0.6) is 0 Å². The quantitative estimate of drug-likeness (QED) is 0.860. The molecule has 0 spiro atoms. The number of nitrogens with one attached hydrogen (secondary N) is 1. The lowest BCUT2D eigenvalue weighted by atomic mass is 10.3. The van der Waals surface area contributed by atoms with E-state index < -0.39 is 0 Å². The second-order valence-electron chi connectivity index (χ2n) is 5.99. The van der Waals surface area contributed by atoms with Crippen molar-refractivity contribution in [3.05, 3.63) is 29.8 Å². The van der Waals surface area contributed by atoms with Crippen molar-refractivity contribution in [3.63, 3.8) is 0 Å². The van der Waals surface area contributed by atoms with Crippen LogP contribution in [0.15, 0.2) is 18.5 Å². The largest absolute Gasteiger partial charge is 0.368 e. The molecule has 114 valence electrons. The van der Waals surface area contributed by atoms with Gasteiger partial charge in [-0.2, -0.15) is 16.9 Å². The molecular formula is C15H23N5S. The van der Waals surface area contributed by atoms with Gasteiger partial charge in [0.15, 0.2) is 5.82 Å². The van der Waals surface area contributed by atoms with Crippen molar-refractivity contribution < 1.29 is 0 Å². The summed E-state index contributed by atoms with van der Waals surface area (Å²) in [5, 5.41) is 7.75.